The third-order valence-electron chi connectivity index (χ3n) is 1.43. The van der Waals surface area contributed by atoms with E-state index in [4.69, 9.17) is 16.7 Å². The number of halogens is 2. The summed E-state index contributed by atoms with van der Waals surface area (Å²) in [7, 11) is 0. The van der Waals surface area contributed by atoms with Crippen molar-refractivity contribution < 1.29 is 9.50 Å². The quantitative estimate of drug-likeness (QED) is 0.694. The van der Waals surface area contributed by atoms with Gasteiger partial charge in [0.1, 0.15) is 5.82 Å². The van der Waals surface area contributed by atoms with E-state index in [2.05, 4.69) is 0 Å². The molecule has 0 aromatic heterocycles. The molecule has 1 aromatic carbocycles. The third-order valence-corrected chi connectivity index (χ3v) is 1.72. The number of aliphatic hydroxyl groups excluding tert-OH is 1. The Hall–Kier alpha value is -0.600. The molecule has 0 radical (unpaired) electrons. The van der Waals surface area contributed by atoms with Crippen LogP contribution in [0.25, 0.3) is 0 Å². The molecule has 1 N–H and O–H groups in total. The minimum atomic E-state index is -0.604. The van der Waals surface area contributed by atoms with Gasteiger partial charge in [-0.05, 0) is 24.6 Å². The molecule has 1 rings (SSSR count). The van der Waals surface area contributed by atoms with Crippen molar-refractivity contribution in [1.82, 2.24) is 0 Å². The zero-order chi connectivity index (χ0) is 8.43. The average molecular weight is 175 g/mol. The van der Waals surface area contributed by atoms with Crippen LogP contribution >= 0.6 is 11.6 Å². The summed E-state index contributed by atoms with van der Waals surface area (Å²) in [4.78, 5) is 0. The first kappa shape index (κ1) is 8.50. The lowest BCUT2D eigenvalue weighted by molar-refractivity contribution is 0.199. The van der Waals surface area contributed by atoms with E-state index in [1.807, 2.05) is 0 Å². The topological polar surface area (TPSA) is 20.2 Å². The lowest BCUT2D eigenvalue weighted by atomic mass is 10.1. The Labute approximate surface area is 69.4 Å². The Morgan fingerprint density at radius 3 is 2.64 bits per heavy atom. The van der Waals surface area contributed by atoms with Crippen molar-refractivity contribution in [3.63, 3.8) is 0 Å². The molecule has 0 amide bonds. The summed E-state index contributed by atoms with van der Waals surface area (Å²) < 4.78 is 12.5. The maximum Gasteiger partial charge on any atom is 0.141 e. The molecule has 11 heavy (non-hydrogen) atoms. The van der Waals surface area contributed by atoms with E-state index in [9.17, 15) is 4.39 Å². The first-order valence-corrected chi connectivity index (χ1v) is 3.62. The first-order valence-electron chi connectivity index (χ1n) is 3.24. The van der Waals surface area contributed by atoms with E-state index >= 15 is 0 Å². The second-order valence-electron chi connectivity index (χ2n) is 2.35. The molecule has 0 fully saturated rings. The van der Waals surface area contributed by atoms with Gasteiger partial charge >= 0.3 is 0 Å². The summed E-state index contributed by atoms with van der Waals surface area (Å²) in [6.45, 7) is 1.60. The Balaban J connectivity index is 3.05. The number of rotatable bonds is 1. The van der Waals surface area contributed by atoms with E-state index in [-0.39, 0.29) is 5.02 Å². The molecule has 3 heteroatoms. The maximum atomic E-state index is 12.5. The lowest BCUT2D eigenvalue weighted by Gasteiger charge is -2.04. The molecule has 0 unspecified atom stereocenters. The number of benzene rings is 1. The van der Waals surface area contributed by atoms with Crippen molar-refractivity contribution >= 4 is 11.6 Å². The van der Waals surface area contributed by atoms with Gasteiger partial charge in [-0.25, -0.2) is 4.39 Å². The Morgan fingerprint density at radius 2 is 2.18 bits per heavy atom. The lowest BCUT2D eigenvalue weighted by Crippen LogP contribution is -1.91. The van der Waals surface area contributed by atoms with Crippen LogP contribution in [0.3, 0.4) is 0 Å². The van der Waals surface area contributed by atoms with Crippen LogP contribution in [-0.4, -0.2) is 5.11 Å². The predicted octanol–water partition coefficient (Wildman–Crippen LogP) is 2.53. The van der Waals surface area contributed by atoms with Crippen LogP contribution in [0.5, 0.6) is 0 Å². The van der Waals surface area contributed by atoms with Gasteiger partial charge in [-0.2, -0.15) is 0 Å². The first-order chi connectivity index (χ1) is 5.11. The number of hydrogen-bond acceptors (Lipinski definition) is 1. The van der Waals surface area contributed by atoms with Gasteiger partial charge in [-0.1, -0.05) is 17.7 Å². The SMILES string of the molecule is C[C@H](O)c1ccc(F)c(Cl)c1. The van der Waals surface area contributed by atoms with E-state index in [0.29, 0.717) is 5.56 Å². The molecule has 0 aliphatic carbocycles. The summed E-state index contributed by atoms with van der Waals surface area (Å²) in [6, 6.07) is 4.16. The molecule has 0 saturated heterocycles. The highest BCUT2D eigenvalue weighted by molar-refractivity contribution is 6.30. The summed E-state index contributed by atoms with van der Waals surface area (Å²) in [5, 5.41) is 9.10. The molecule has 0 aliphatic rings. The fourth-order valence-corrected chi connectivity index (χ4v) is 0.961. The van der Waals surface area contributed by atoms with Gasteiger partial charge in [0.05, 0.1) is 11.1 Å². The molecule has 1 nitrogen and oxygen atoms in total. The zero-order valence-electron chi connectivity index (χ0n) is 6.01. The minimum absolute atomic E-state index is 0.0448. The Bertz CT molecular complexity index is 260. The molecule has 0 spiro atoms. The Morgan fingerprint density at radius 1 is 1.55 bits per heavy atom. The smallest absolute Gasteiger partial charge is 0.141 e. The highest BCUT2D eigenvalue weighted by atomic mass is 35.5. The van der Waals surface area contributed by atoms with Crippen molar-refractivity contribution in [2.75, 3.05) is 0 Å². The zero-order valence-corrected chi connectivity index (χ0v) is 6.77. The van der Waals surface area contributed by atoms with Gasteiger partial charge in [-0.3, -0.25) is 0 Å². The van der Waals surface area contributed by atoms with Crippen molar-refractivity contribution in [3.05, 3.63) is 34.6 Å². The fourth-order valence-electron chi connectivity index (χ4n) is 0.772. The molecule has 0 saturated carbocycles. The van der Waals surface area contributed by atoms with Crippen molar-refractivity contribution in [2.45, 2.75) is 13.0 Å². The molecule has 0 heterocycles. The summed E-state index contributed by atoms with van der Waals surface area (Å²) in [5.74, 6) is -0.462. The summed E-state index contributed by atoms with van der Waals surface area (Å²) >= 11 is 5.47. The van der Waals surface area contributed by atoms with Crippen LogP contribution in [-0.2, 0) is 0 Å². The molecular weight excluding hydrogens is 167 g/mol. The van der Waals surface area contributed by atoms with E-state index in [0.717, 1.165) is 0 Å². The predicted molar refractivity (Wildman–Crippen MR) is 42.0 cm³/mol. The second kappa shape index (κ2) is 3.20. The van der Waals surface area contributed by atoms with Crippen LogP contribution in [0.4, 0.5) is 4.39 Å². The van der Waals surface area contributed by atoms with Crippen LogP contribution in [0, 0.1) is 5.82 Å². The molecule has 1 aromatic rings. The van der Waals surface area contributed by atoms with E-state index in [1.165, 1.54) is 18.2 Å². The number of hydrogen-bond donors (Lipinski definition) is 1. The molecule has 1 atom stereocenters. The van der Waals surface area contributed by atoms with E-state index < -0.39 is 11.9 Å². The fraction of sp³-hybridized carbons (Fsp3) is 0.250. The largest absolute Gasteiger partial charge is 0.389 e. The van der Waals surface area contributed by atoms with Crippen LogP contribution < -0.4 is 0 Å². The molecule has 0 aliphatic heterocycles. The van der Waals surface area contributed by atoms with Crippen molar-refractivity contribution in [2.24, 2.45) is 0 Å². The van der Waals surface area contributed by atoms with E-state index in [1.54, 1.807) is 6.92 Å². The minimum Gasteiger partial charge on any atom is -0.389 e. The van der Waals surface area contributed by atoms with Crippen LogP contribution in [0.2, 0.25) is 5.02 Å². The van der Waals surface area contributed by atoms with Gasteiger partial charge in [0.15, 0.2) is 0 Å². The van der Waals surface area contributed by atoms with Gasteiger partial charge in [-0.15, -0.1) is 0 Å². The summed E-state index contributed by atoms with van der Waals surface area (Å²) in [6.07, 6.45) is -0.604. The summed E-state index contributed by atoms with van der Waals surface area (Å²) in [5.41, 5.74) is 0.622. The Kier molecular flexibility index (Phi) is 2.47. The van der Waals surface area contributed by atoms with Gasteiger partial charge in [0, 0.05) is 0 Å². The van der Waals surface area contributed by atoms with Gasteiger partial charge in [0.2, 0.25) is 0 Å². The molecular formula is C8H8ClFO. The standard InChI is InChI=1S/C8H8ClFO/c1-5(11)6-2-3-8(10)7(9)4-6/h2-5,11H,1H3/t5-/m0/s1. The highest BCUT2D eigenvalue weighted by Gasteiger charge is 2.03. The van der Waals surface area contributed by atoms with Crippen molar-refractivity contribution in [3.8, 4) is 0 Å². The van der Waals surface area contributed by atoms with Crippen LogP contribution in [0.15, 0.2) is 18.2 Å². The third kappa shape index (κ3) is 1.91. The normalized spacial score (nSPS) is 13.1. The van der Waals surface area contributed by atoms with Gasteiger partial charge < -0.3 is 5.11 Å². The maximum absolute atomic E-state index is 12.5. The molecule has 0 bridgehead atoms. The second-order valence-corrected chi connectivity index (χ2v) is 2.76. The monoisotopic (exact) mass is 174 g/mol. The van der Waals surface area contributed by atoms with Crippen molar-refractivity contribution in [1.29, 1.82) is 0 Å². The average Bonchev–Trinajstić information content (AvgIpc) is 1.94. The molecule has 60 valence electrons. The highest BCUT2D eigenvalue weighted by Crippen LogP contribution is 2.19. The van der Waals surface area contributed by atoms with Crippen LogP contribution in [0.1, 0.15) is 18.6 Å². The number of aliphatic hydroxyl groups is 1. The van der Waals surface area contributed by atoms with Gasteiger partial charge in [0.25, 0.3) is 0 Å².